The van der Waals surface area contributed by atoms with E-state index in [1.54, 1.807) is 0 Å². The fourth-order valence-corrected chi connectivity index (χ4v) is 4.71. The number of rotatable bonds is 7. The molecule has 6 rings (SSSR count). The van der Waals surface area contributed by atoms with E-state index in [2.05, 4.69) is 72.8 Å². The molecule has 30 heavy (non-hydrogen) atoms. The molecule has 4 aromatic carbocycles. The van der Waals surface area contributed by atoms with Crippen molar-refractivity contribution in [1.29, 1.82) is 0 Å². The average molecular weight is 393 g/mol. The summed E-state index contributed by atoms with van der Waals surface area (Å²) in [5, 5.41) is 5.24. The maximum Gasteiger partial charge on any atom is 0.127 e. The molecule has 2 fully saturated rings. The lowest BCUT2D eigenvalue weighted by Crippen LogP contribution is -2.02. The molecule has 0 heterocycles. The third kappa shape index (κ3) is 3.47. The van der Waals surface area contributed by atoms with Gasteiger partial charge in [-0.25, -0.2) is 0 Å². The van der Waals surface area contributed by atoms with Crippen LogP contribution >= 0.6 is 0 Å². The Bertz CT molecular complexity index is 1120. The van der Waals surface area contributed by atoms with Crippen molar-refractivity contribution in [2.75, 3.05) is 6.61 Å². The maximum absolute atomic E-state index is 6.47. The third-order valence-corrected chi connectivity index (χ3v) is 6.85. The van der Waals surface area contributed by atoms with Gasteiger partial charge in [0.1, 0.15) is 5.75 Å². The first-order valence-corrected chi connectivity index (χ1v) is 11.5. The fraction of sp³-hybridized carbons (Fsp3) is 0.310. The number of benzene rings is 4. The number of ether oxygens (including phenoxy) is 1. The number of hydrogen-bond donors (Lipinski definition) is 0. The minimum Gasteiger partial charge on any atom is -0.493 e. The quantitative estimate of drug-likeness (QED) is 0.312. The highest BCUT2D eigenvalue weighted by molar-refractivity contribution is 6.08. The van der Waals surface area contributed by atoms with E-state index in [9.17, 15) is 0 Å². The van der Waals surface area contributed by atoms with Crippen molar-refractivity contribution >= 4 is 21.5 Å². The average Bonchev–Trinajstić information content (AvgIpc) is 3.70. The summed E-state index contributed by atoms with van der Waals surface area (Å²) < 4.78 is 6.47. The van der Waals surface area contributed by atoms with E-state index in [4.69, 9.17) is 4.74 Å². The zero-order valence-electron chi connectivity index (χ0n) is 17.4. The summed E-state index contributed by atoms with van der Waals surface area (Å²) in [4.78, 5) is 0. The first kappa shape index (κ1) is 18.0. The molecule has 0 atom stereocenters. The first-order chi connectivity index (χ1) is 14.9. The molecular weight excluding hydrogens is 364 g/mol. The van der Waals surface area contributed by atoms with Gasteiger partial charge in [-0.2, -0.15) is 0 Å². The molecule has 0 aliphatic heterocycles. The van der Waals surface area contributed by atoms with Gasteiger partial charge in [-0.3, -0.25) is 0 Å². The van der Waals surface area contributed by atoms with Gasteiger partial charge in [-0.15, -0.1) is 0 Å². The van der Waals surface area contributed by atoms with Crippen molar-refractivity contribution in [3.8, 4) is 16.9 Å². The molecule has 1 nitrogen and oxygen atoms in total. The lowest BCUT2D eigenvalue weighted by Gasteiger charge is -2.19. The molecule has 0 saturated heterocycles. The Labute approximate surface area is 178 Å². The molecule has 2 aliphatic rings. The molecule has 0 bridgehead atoms. The minimum absolute atomic E-state index is 0.742. The van der Waals surface area contributed by atoms with Crippen molar-refractivity contribution in [3.63, 3.8) is 0 Å². The molecule has 0 amide bonds. The number of aryl methyl sites for hydroxylation is 1. The fourth-order valence-electron chi connectivity index (χ4n) is 4.71. The highest BCUT2D eigenvalue weighted by atomic mass is 16.5. The van der Waals surface area contributed by atoms with E-state index in [-0.39, 0.29) is 0 Å². The van der Waals surface area contributed by atoms with Crippen molar-refractivity contribution in [2.45, 2.75) is 38.5 Å². The van der Waals surface area contributed by atoms with Crippen LogP contribution in [0.1, 0.15) is 37.7 Å². The van der Waals surface area contributed by atoms with Crippen LogP contribution in [0.3, 0.4) is 0 Å². The Morgan fingerprint density at radius 3 is 1.97 bits per heavy atom. The van der Waals surface area contributed by atoms with E-state index in [1.807, 2.05) is 0 Å². The van der Waals surface area contributed by atoms with Gasteiger partial charge in [0.25, 0.3) is 0 Å². The second-order valence-electron chi connectivity index (χ2n) is 9.22. The van der Waals surface area contributed by atoms with Crippen LogP contribution in [0.4, 0.5) is 0 Å². The minimum atomic E-state index is 0.742. The van der Waals surface area contributed by atoms with Crippen molar-refractivity contribution < 1.29 is 4.74 Å². The Morgan fingerprint density at radius 2 is 1.27 bits per heavy atom. The summed E-state index contributed by atoms with van der Waals surface area (Å²) in [6, 6.07) is 26.7. The standard InChI is InChI=1S/C29H28O/c1-3-7-25-22(5-1)15-16-24(14-13-20-9-10-20)28(25)29-26-8-4-2-6-23(26)17-18-27(29)30-19-21-11-12-21/h1-8,15-18,20-21H,9-14,19H2. The highest BCUT2D eigenvalue weighted by Crippen LogP contribution is 2.44. The molecule has 2 aliphatic carbocycles. The van der Waals surface area contributed by atoms with Gasteiger partial charge >= 0.3 is 0 Å². The van der Waals surface area contributed by atoms with Gasteiger partial charge in [0.15, 0.2) is 0 Å². The molecule has 0 spiro atoms. The SMILES string of the molecule is c1ccc2c(-c3c(OCC4CC4)ccc4ccccc34)c(CCC3CC3)ccc2c1. The molecule has 1 heteroatoms. The third-order valence-electron chi connectivity index (χ3n) is 6.85. The van der Waals surface area contributed by atoms with Crippen LogP contribution in [0.15, 0.2) is 72.8 Å². The topological polar surface area (TPSA) is 9.23 Å². The molecule has 150 valence electrons. The van der Waals surface area contributed by atoms with E-state index >= 15 is 0 Å². The second kappa shape index (κ2) is 7.47. The normalized spacial score (nSPS) is 16.3. The predicted octanol–water partition coefficient (Wildman–Crippen LogP) is 7.79. The Kier molecular flexibility index (Phi) is 4.48. The first-order valence-electron chi connectivity index (χ1n) is 11.5. The summed E-state index contributed by atoms with van der Waals surface area (Å²) >= 11 is 0. The van der Waals surface area contributed by atoms with Crippen LogP contribution in [0.2, 0.25) is 0 Å². The van der Waals surface area contributed by atoms with E-state index < -0.39 is 0 Å². The molecule has 0 aromatic heterocycles. The van der Waals surface area contributed by atoms with Gasteiger partial charge in [-0.1, -0.05) is 79.6 Å². The molecule has 0 radical (unpaired) electrons. The summed E-state index contributed by atoms with van der Waals surface area (Å²) in [6.45, 7) is 0.841. The molecular formula is C29H28O. The molecule has 2 saturated carbocycles. The highest BCUT2D eigenvalue weighted by Gasteiger charge is 2.25. The Morgan fingerprint density at radius 1 is 0.633 bits per heavy atom. The van der Waals surface area contributed by atoms with Crippen LogP contribution in [-0.2, 0) is 6.42 Å². The molecule has 4 aromatic rings. The second-order valence-corrected chi connectivity index (χ2v) is 9.22. The van der Waals surface area contributed by atoms with E-state index in [0.29, 0.717) is 0 Å². The monoisotopic (exact) mass is 392 g/mol. The number of fused-ring (bicyclic) bond motifs is 2. The summed E-state index contributed by atoms with van der Waals surface area (Å²) in [6.07, 6.45) is 7.89. The maximum atomic E-state index is 6.47. The van der Waals surface area contributed by atoms with Crippen molar-refractivity contribution in [1.82, 2.24) is 0 Å². The zero-order valence-corrected chi connectivity index (χ0v) is 17.4. The van der Waals surface area contributed by atoms with Crippen molar-refractivity contribution in [3.05, 3.63) is 78.4 Å². The van der Waals surface area contributed by atoms with E-state index in [0.717, 1.165) is 30.6 Å². The van der Waals surface area contributed by atoms with Gasteiger partial charge in [0, 0.05) is 5.56 Å². The van der Waals surface area contributed by atoms with Gasteiger partial charge in [0.2, 0.25) is 0 Å². The van der Waals surface area contributed by atoms with Crippen LogP contribution in [0.5, 0.6) is 5.75 Å². The number of hydrogen-bond acceptors (Lipinski definition) is 1. The Balaban J connectivity index is 1.59. The van der Waals surface area contributed by atoms with Crippen LogP contribution in [0.25, 0.3) is 32.7 Å². The van der Waals surface area contributed by atoms with Crippen LogP contribution in [-0.4, -0.2) is 6.61 Å². The van der Waals surface area contributed by atoms with E-state index in [1.165, 1.54) is 70.3 Å². The summed E-state index contributed by atoms with van der Waals surface area (Å²) in [5.41, 5.74) is 4.14. The van der Waals surface area contributed by atoms with Gasteiger partial charge in [0.05, 0.1) is 6.61 Å². The van der Waals surface area contributed by atoms with Gasteiger partial charge < -0.3 is 4.74 Å². The van der Waals surface area contributed by atoms with Gasteiger partial charge in [-0.05, 0) is 76.3 Å². The summed E-state index contributed by atoms with van der Waals surface area (Å²) in [7, 11) is 0. The summed E-state index contributed by atoms with van der Waals surface area (Å²) in [5.74, 6) is 2.72. The Hall–Kier alpha value is -2.80. The van der Waals surface area contributed by atoms with Crippen LogP contribution in [0, 0.1) is 11.8 Å². The molecule has 0 unspecified atom stereocenters. The zero-order chi connectivity index (χ0) is 19.9. The largest absolute Gasteiger partial charge is 0.493 e. The van der Waals surface area contributed by atoms with Crippen molar-refractivity contribution in [2.24, 2.45) is 11.8 Å². The lowest BCUT2D eigenvalue weighted by atomic mass is 9.87. The van der Waals surface area contributed by atoms with Crippen LogP contribution < -0.4 is 4.74 Å². The predicted molar refractivity (Wildman–Crippen MR) is 126 cm³/mol. The smallest absolute Gasteiger partial charge is 0.127 e. The molecule has 0 N–H and O–H groups in total. The lowest BCUT2D eigenvalue weighted by molar-refractivity contribution is 0.301.